The van der Waals surface area contributed by atoms with Crippen LogP contribution in [0.5, 0.6) is 0 Å². The van der Waals surface area contributed by atoms with Gasteiger partial charge in [-0.1, -0.05) is 121 Å². The number of ether oxygens (including phenoxy) is 2. The quantitative estimate of drug-likeness (QED) is 0.00427. The minimum atomic E-state index is -0.871. The van der Waals surface area contributed by atoms with Gasteiger partial charge < -0.3 is 57.5 Å². The fourth-order valence-corrected chi connectivity index (χ4v) is 14.3. The molecule has 0 aliphatic carbocycles. The molecule has 1 aromatic heterocycles. The van der Waals surface area contributed by atoms with Crippen molar-refractivity contribution in [3.63, 3.8) is 0 Å². The molecule has 0 unspecified atom stereocenters. The van der Waals surface area contributed by atoms with Crippen LogP contribution in [-0.2, 0) is 59.0 Å². The number of nitrogens with one attached hydrogen (secondary N) is 4. The van der Waals surface area contributed by atoms with Gasteiger partial charge in [0.25, 0.3) is 0 Å². The van der Waals surface area contributed by atoms with Crippen LogP contribution in [0.15, 0.2) is 212 Å². The fraction of sp³-hybridized carbons (Fsp3) is 0.382. The summed E-state index contributed by atoms with van der Waals surface area (Å²) in [6.45, 7) is 3.19. The lowest BCUT2D eigenvalue weighted by Gasteiger charge is -2.05. The first-order chi connectivity index (χ1) is 59.3. The predicted molar refractivity (Wildman–Crippen MR) is 494 cm³/mol. The molecular weight excluding hydrogens is 1790 g/mol. The SMILES string of the molecule is CO.COC(=O)CCCCCN.COC(=O)CCCCCNC(=O)CSc1ccc(F)cc1.NC(=S)c1ccccc1.O=C(CBr)CCCCCNC(=O)CSc1ccc(F)cc1.O=C(CSc1ccc(F)cc1)NCCCCCc1csc(-c2ccccc2)n1.O=C(O)CCCCCNC(=O)CSc1ccc(F)cc1.O=C(O)CSc1ccc(F)cc1. The molecule has 8 aromatic rings. The lowest BCUT2D eigenvalue weighted by atomic mass is 10.1. The van der Waals surface area contributed by atoms with Crippen molar-refractivity contribution >= 4 is 157 Å². The van der Waals surface area contributed by atoms with Gasteiger partial charge in [0.2, 0.25) is 23.6 Å². The number of aliphatic hydroxyl groups is 1. The molecule has 0 aliphatic rings. The highest BCUT2D eigenvalue weighted by atomic mass is 79.9. The third kappa shape index (κ3) is 64.7. The molecule has 11 N–H and O–H groups in total. The topological polar surface area (TPSA) is 346 Å². The number of amides is 4. The van der Waals surface area contributed by atoms with E-state index in [2.05, 4.69) is 64.2 Å². The number of thiocarbonyl (C=S) groups is 1. The van der Waals surface area contributed by atoms with Gasteiger partial charge in [-0.15, -0.1) is 70.1 Å². The first-order valence-electron chi connectivity index (χ1n) is 39.4. The Morgan fingerprint density at radius 2 is 0.724 bits per heavy atom. The normalized spacial score (nSPS) is 10.0. The zero-order valence-corrected chi connectivity index (χ0v) is 76.7. The number of carbonyl (C=O) groups is 9. The van der Waals surface area contributed by atoms with Crippen molar-refractivity contribution in [3.8, 4) is 10.6 Å². The molecule has 672 valence electrons. The average Bonchev–Trinajstić information content (AvgIpc) is 1.73. The number of rotatable bonds is 47. The summed E-state index contributed by atoms with van der Waals surface area (Å²) in [5.74, 6) is -2.02. The lowest BCUT2D eigenvalue weighted by molar-refractivity contribution is -0.141. The van der Waals surface area contributed by atoms with E-state index in [1.807, 2.05) is 48.5 Å². The van der Waals surface area contributed by atoms with E-state index in [1.165, 1.54) is 139 Å². The molecule has 0 fully saturated rings. The second-order valence-corrected chi connectivity index (χ2v) is 32.9. The van der Waals surface area contributed by atoms with Gasteiger partial charge in [0.05, 0.1) is 54.0 Å². The zero-order valence-electron chi connectivity index (χ0n) is 69.4. The van der Waals surface area contributed by atoms with Gasteiger partial charge in [0.1, 0.15) is 44.9 Å². The van der Waals surface area contributed by atoms with Gasteiger partial charge in [-0.2, -0.15) is 0 Å². The minimum Gasteiger partial charge on any atom is -0.481 e. The Labute approximate surface area is 757 Å². The van der Waals surface area contributed by atoms with Crippen molar-refractivity contribution in [2.75, 3.05) is 88.1 Å². The lowest BCUT2D eigenvalue weighted by Crippen LogP contribution is -2.26. The Morgan fingerprint density at radius 1 is 0.415 bits per heavy atom. The number of ketones is 1. The third-order valence-corrected chi connectivity index (χ3v) is 22.7. The van der Waals surface area contributed by atoms with Crippen molar-refractivity contribution < 1.29 is 89.9 Å². The predicted octanol–water partition coefficient (Wildman–Crippen LogP) is 18.2. The van der Waals surface area contributed by atoms with Gasteiger partial charge in [0, 0.05) is 100.0 Å². The number of carboxylic acids is 2. The highest BCUT2D eigenvalue weighted by Gasteiger charge is 2.11. The maximum Gasteiger partial charge on any atom is 0.313 e. The summed E-state index contributed by atoms with van der Waals surface area (Å²) in [7, 11) is 3.78. The standard InChI is InChI=1S/C22H23FN2OS2.C15H19BrFNO2S.C15H20FNO3S.C14H18FNO3S.C8H7FO2S.C7H15NO2.C7H7NS.CH4O/c23-18-10-12-20(13-11-18)27-16-21(26)24-14-6-2-5-9-19-15-28-22(25-19)17-7-3-1-4-8-17;16-10-13(19)4-2-1-3-9-18-15(20)11-21-14-7-5-12(17)6-8-14;1-20-15(19)5-3-2-4-10-17-14(18)11-21-13-8-6-12(16)7-9-13;15-11-5-7-12(8-6-11)20-10-13(17)16-9-3-1-2-4-14(18)19;9-6-1-3-7(4-2-6)12-5-8(10)11;1-10-7(9)5-3-2-4-6-8;8-7(9)6-4-2-1-3-5-6;1-2/h1,3-4,7-8,10-13,15H,2,5-6,9,14,16H2,(H,24,26);5-8H,1-4,9-11H2,(H,18,20);6-9H,2-5,10-11H2,1H3,(H,17,18);5-8H,1-4,9-10H2,(H,16,17)(H,18,19);1-4H,5H2,(H,10,11);2-6,8H2,1H3;1-5H,(H2,8,9);2H,1H3. The number of methoxy groups -OCH3 is 2. The molecular formula is C89H113BrF5N7O14S7. The Morgan fingerprint density at radius 3 is 1.02 bits per heavy atom. The number of unbranched alkanes of at least 4 members (excludes halogenated alkanes) is 10. The van der Waals surface area contributed by atoms with Gasteiger partial charge in [-0.25, -0.2) is 26.9 Å². The molecule has 8 rings (SSSR count). The van der Waals surface area contributed by atoms with E-state index in [0.717, 1.165) is 144 Å². The van der Waals surface area contributed by atoms with Crippen molar-refractivity contribution in [2.24, 2.45) is 11.5 Å². The number of aliphatic carboxylic acids is 2. The number of aryl methyl sites for hydroxylation is 1. The first-order valence-corrected chi connectivity index (χ1v) is 46.8. The molecule has 4 amide bonds. The molecule has 1 heterocycles. The molecule has 0 spiro atoms. The summed E-state index contributed by atoms with van der Waals surface area (Å²) < 4.78 is 72.3. The minimum absolute atomic E-state index is 0.00559. The van der Waals surface area contributed by atoms with Gasteiger partial charge in [-0.3, -0.25) is 43.2 Å². The molecule has 0 saturated carbocycles. The Balaban J connectivity index is 0.000000736. The number of benzene rings is 7. The molecule has 7 aromatic carbocycles. The van der Waals surface area contributed by atoms with Gasteiger partial charge in [-0.05, 0) is 199 Å². The smallest absolute Gasteiger partial charge is 0.313 e. The zero-order chi connectivity index (χ0) is 90.9. The number of halogens is 6. The second kappa shape index (κ2) is 74.7. The van der Waals surface area contributed by atoms with Crippen molar-refractivity contribution in [2.45, 2.75) is 153 Å². The number of carbonyl (C=O) groups excluding carboxylic acids is 7. The van der Waals surface area contributed by atoms with Crippen molar-refractivity contribution in [1.82, 2.24) is 26.3 Å². The number of aliphatic hydroxyl groups excluding tert-OH is 1. The second-order valence-electron chi connectivity index (χ2n) is 25.8. The summed E-state index contributed by atoms with van der Waals surface area (Å²) in [6, 6.07) is 49.9. The van der Waals surface area contributed by atoms with E-state index >= 15 is 0 Å². The van der Waals surface area contributed by atoms with E-state index < -0.39 is 11.9 Å². The largest absolute Gasteiger partial charge is 0.481 e. The van der Waals surface area contributed by atoms with E-state index in [4.69, 9.17) is 44.0 Å². The number of thiazole rings is 1. The van der Waals surface area contributed by atoms with Crippen LogP contribution in [0, 0.1) is 29.1 Å². The highest BCUT2D eigenvalue weighted by Crippen LogP contribution is 2.26. The summed E-state index contributed by atoms with van der Waals surface area (Å²) in [4.78, 5) is 109. The van der Waals surface area contributed by atoms with Crippen LogP contribution >= 0.6 is 98.3 Å². The molecule has 34 heteroatoms. The number of nitrogens with zero attached hydrogens (tertiary/aromatic N) is 1. The molecule has 0 bridgehead atoms. The summed E-state index contributed by atoms with van der Waals surface area (Å²) in [6.07, 6.45) is 16.0. The van der Waals surface area contributed by atoms with Gasteiger partial charge >= 0.3 is 23.9 Å². The van der Waals surface area contributed by atoms with E-state index in [0.29, 0.717) is 91.7 Å². The summed E-state index contributed by atoms with van der Waals surface area (Å²) >= 11 is 16.3. The molecule has 21 nitrogen and oxygen atoms in total. The van der Waals surface area contributed by atoms with Crippen LogP contribution in [0.3, 0.4) is 0 Å². The number of aromatic nitrogens is 1. The van der Waals surface area contributed by atoms with E-state index in [9.17, 15) is 65.1 Å². The first kappa shape index (κ1) is 112. The van der Waals surface area contributed by atoms with Crippen LogP contribution in [0.2, 0.25) is 0 Å². The maximum absolute atomic E-state index is 12.8. The fourth-order valence-electron chi connectivity index (χ4n) is 9.49. The number of carboxylic acid groups (broad SMARTS) is 2. The van der Waals surface area contributed by atoms with Crippen LogP contribution in [-0.4, -0.2) is 167 Å². The summed E-state index contributed by atoms with van der Waals surface area (Å²) in [5.41, 5.74) is 13.8. The van der Waals surface area contributed by atoms with Crippen LogP contribution in [0.1, 0.15) is 133 Å². The number of Topliss-reactive ketones (excluding diaryl/α,β-unsaturated/α-hetero) is 1. The maximum atomic E-state index is 12.8. The third-order valence-electron chi connectivity index (χ3n) is 15.9. The molecule has 0 atom stereocenters. The Bertz CT molecular complexity index is 4120. The van der Waals surface area contributed by atoms with Crippen LogP contribution in [0.25, 0.3) is 10.6 Å². The molecule has 123 heavy (non-hydrogen) atoms. The number of alkyl halides is 1. The number of esters is 2. The van der Waals surface area contributed by atoms with E-state index in [-0.39, 0.29) is 82.6 Å². The molecule has 0 radical (unpaired) electrons. The van der Waals surface area contributed by atoms with E-state index in [1.54, 1.807) is 72.0 Å². The number of hydrogen-bond acceptors (Lipinski definition) is 21. The molecule has 0 aliphatic heterocycles. The highest BCUT2D eigenvalue weighted by molar-refractivity contribution is 9.09. The Kier molecular flexibility index (Phi) is 68.2. The number of nitrogens with two attached hydrogens (primary N) is 2. The average molecular weight is 1900 g/mol. The van der Waals surface area contributed by atoms with Gasteiger partial charge in [0.15, 0.2) is 0 Å². The van der Waals surface area contributed by atoms with Crippen LogP contribution < -0.4 is 32.7 Å². The van der Waals surface area contributed by atoms with Crippen molar-refractivity contribution in [3.05, 3.63) is 228 Å². The van der Waals surface area contributed by atoms with Crippen molar-refractivity contribution in [1.29, 1.82) is 0 Å². The molecule has 0 saturated heterocycles. The number of thioether (sulfide) groups is 5. The van der Waals surface area contributed by atoms with Crippen LogP contribution in [0.4, 0.5) is 22.0 Å². The summed E-state index contributed by atoms with van der Waals surface area (Å²) in [5, 5.41) is 38.8. The number of hydrogen-bond donors (Lipinski definition) is 9. The Hall–Kier alpha value is -8.71. The monoisotopic (exact) mass is 1900 g/mol.